The standard InChI is InChI=1S/C12H14N2O4/c1-3-7-6-14(12(17)13-11(7)16)10-5-8(15)9(4-2)18-10/h1,6,8-10,15H,4-5H2,2H3,(H,13,16,17)/t8-,9-,10-/m1/s1. The Bertz CT molecular complexity index is 595. The van der Waals surface area contributed by atoms with E-state index in [1.165, 1.54) is 10.8 Å². The van der Waals surface area contributed by atoms with E-state index in [1.807, 2.05) is 6.92 Å². The van der Waals surface area contributed by atoms with Crippen molar-refractivity contribution in [3.63, 3.8) is 0 Å². The number of terminal acetylenes is 1. The first-order valence-electron chi connectivity index (χ1n) is 5.72. The number of hydrogen-bond donors (Lipinski definition) is 2. The molecule has 0 radical (unpaired) electrons. The number of nitrogens with one attached hydrogen (secondary N) is 1. The zero-order valence-electron chi connectivity index (χ0n) is 9.92. The largest absolute Gasteiger partial charge is 0.390 e. The minimum absolute atomic E-state index is 0.0626. The van der Waals surface area contributed by atoms with Gasteiger partial charge in [-0.05, 0) is 6.42 Å². The van der Waals surface area contributed by atoms with E-state index in [2.05, 4.69) is 10.9 Å². The van der Waals surface area contributed by atoms with Crippen LogP contribution in [0.2, 0.25) is 0 Å². The molecule has 0 bridgehead atoms. The molecule has 0 aromatic carbocycles. The monoisotopic (exact) mass is 250 g/mol. The van der Waals surface area contributed by atoms with Crippen molar-refractivity contribution >= 4 is 0 Å². The third-order valence-corrected chi connectivity index (χ3v) is 3.04. The topological polar surface area (TPSA) is 84.3 Å². The van der Waals surface area contributed by atoms with Crippen LogP contribution >= 0.6 is 0 Å². The molecule has 1 aromatic heterocycles. The van der Waals surface area contributed by atoms with Gasteiger partial charge in [-0.3, -0.25) is 14.3 Å². The first kappa shape index (κ1) is 12.6. The second kappa shape index (κ2) is 4.80. The van der Waals surface area contributed by atoms with Crippen LogP contribution in [0.15, 0.2) is 15.8 Å². The van der Waals surface area contributed by atoms with E-state index in [0.29, 0.717) is 12.8 Å². The quantitative estimate of drug-likeness (QED) is 0.698. The fraction of sp³-hybridized carbons (Fsp3) is 0.500. The predicted molar refractivity (Wildman–Crippen MR) is 64.1 cm³/mol. The summed E-state index contributed by atoms with van der Waals surface area (Å²) in [5, 5.41) is 9.74. The van der Waals surface area contributed by atoms with E-state index in [0.717, 1.165) is 0 Å². The van der Waals surface area contributed by atoms with Gasteiger partial charge in [-0.2, -0.15) is 0 Å². The van der Waals surface area contributed by atoms with Crippen molar-refractivity contribution in [1.82, 2.24) is 9.55 Å². The summed E-state index contributed by atoms with van der Waals surface area (Å²) < 4.78 is 6.77. The SMILES string of the molecule is C#Cc1cn([C@H]2C[C@@H](O)[C@@H](CC)O2)c(=O)[nH]c1=O. The second-order valence-corrected chi connectivity index (χ2v) is 4.19. The number of rotatable bonds is 2. The first-order chi connectivity index (χ1) is 8.56. The number of nitrogens with zero attached hydrogens (tertiary/aromatic N) is 1. The Hall–Kier alpha value is -1.84. The Morgan fingerprint density at radius 1 is 1.67 bits per heavy atom. The number of aliphatic hydroxyl groups is 1. The van der Waals surface area contributed by atoms with E-state index in [9.17, 15) is 14.7 Å². The van der Waals surface area contributed by atoms with E-state index in [4.69, 9.17) is 11.2 Å². The molecule has 96 valence electrons. The lowest BCUT2D eigenvalue weighted by atomic mass is 10.1. The zero-order chi connectivity index (χ0) is 13.3. The fourth-order valence-electron chi connectivity index (χ4n) is 2.06. The number of aromatic amines is 1. The zero-order valence-corrected chi connectivity index (χ0v) is 9.92. The lowest BCUT2D eigenvalue weighted by Crippen LogP contribution is -2.33. The lowest BCUT2D eigenvalue weighted by molar-refractivity contribution is -0.0218. The molecule has 1 saturated heterocycles. The fourth-order valence-corrected chi connectivity index (χ4v) is 2.06. The molecule has 2 heterocycles. The average molecular weight is 250 g/mol. The van der Waals surface area contributed by atoms with Gasteiger partial charge in [0.1, 0.15) is 11.8 Å². The van der Waals surface area contributed by atoms with Gasteiger partial charge < -0.3 is 9.84 Å². The summed E-state index contributed by atoms with van der Waals surface area (Å²) in [6.07, 6.45) is 5.90. The van der Waals surface area contributed by atoms with Gasteiger partial charge in [0.05, 0.1) is 12.2 Å². The Balaban J connectivity index is 2.39. The van der Waals surface area contributed by atoms with Crippen LogP contribution in [0.5, 0.6) is 0 Å². The van der Waals surface area contributed by atoms with E-state index in [-0.39, 0.29) is 11.7 Å². The van der Waals surface area contributed by atoms with Crippen molar-refractivity contribution in [3.05, 3.63) is 32.6 Å². The van der Waals surface area contributed by atoms with Crippen molar-refractivity contribution in [2.45, 2.75) is 38.2 Å². The maximum atomic E-state index is 11.7. The third-order valence-electron chi connectivity index (χ3n) is 3.04. The summed E-state index contributed by atoms with van der Waals surface area (Å²) >= 11 is 0. The number of ether oxygens (including phenoxy) is 1. The Labute approximate surface area is 103 Å². The summed E-state index contributed by atoms with van der Waals surface area (Å²) in [5.41, 5.74) is -1.12. The molecule has 0 amide bonds. The Morgan fingerprint density at radius 3 is 2.94 bits per heavy atom. The van der Waals surface area contributed by atoms with Crippen LogP contribution in [0.3, 0.4) is 0 Å². The number of aliphatic hydroxyl groups excluding tert-OH is 1. The van der Waals surface area contributed by atoms with Gasteiger partial charge >= 0.3 is 5.69 Å². The van der Waals surface area contributed by atoms with Crippen molar-refractivity contribution in [2.24, 2.45) is 0 Å². The molecule has 2 N–H and O–H groups in total. The van der Waals surface area contributed by atoms with E-state index < -0.39 is 23.6 Å². The summed E-state index contributed by atoms with van der Waals surface area (Å²) in [6, 6.07) is 0. The molecule has 2 rings (SSSR count). The number of hydrogen-bond acceptors (Lipinski definition) is 4. The van der Waals surface area contributed by atoms with Crippen molar-refractivity contribution < 1.29 is 9.84 Å². The summed E-state index contributed by atoms with van der Waals surface area (Å²) in [6.45, 7) is 1.89. The van der Waals surface area contributed by atoms with Gasteiger partial charge in [0.2, 0.25) is 0 Å². The van der Waals surface area contributed by atoms with Crippen molar-refractivity contribution in [1.29, 1.82) is 0 Å². The van der Waals surface area contributed by atoms with Crippen LogP contribution in [-0.4, -0.2) is 26.9 Å². The van der Waals surface area contributed by atoms with Gasteiger partial charge in [0.15, 0.2) is 0 Å². The summed E-state index contributed by atoms with van der Waals surface area (Å²) in [7, 11) is 0. The van der Waals surface area contributed by atoms with Crippen molar-refractivity contribution in [3.8, 4) is 12.3 Å². The highest BCUT2D eigenvalue weighted by atomic mass is 16.5. The van der Waals surface area contributed by atoms with Crippen molar-refractivity contribution in [2.75, 3.05) is 0 Å². The maximum absolute atomic E-state index is 11.7. The van der Waals surface area contributed by atoms with Gasteiger partial charge in [0.25, 0.3) is 5.56 Å². The second-order valence-electron chi connectivity index (χ2n) is 4.19. The number of H-pyrrole nitrogens is 1. The van der Waals surface area contributed by atoms with Gasteiger partial charge in [0, 0.05) is 12.6 Å². The molecule has 6 heteroatoms. The molecule has 18 heavy (non-hydrogen) atoms. The normalized spacial score (nSPS) is 27.1. The minimum Gasteiger partial charge on any atom is -0.390 e. The van der Waals surface area contributed by atoms with Gasteiger partial charge in [-0.1, -0.05) is 12.8 Å². The Kier molecular flexibility index (Phi) is 3.36. The van der Waals surface area contributed by atoms with Crippen LogP contribution < -0.4 is 11.2 Å². The van der Waals surface area contributed by atoms with E-state index in [1.54, 1.807) is 0 Å². The average Bonchev–Trinajstić information content (AvgIpc) is 2.70. The summed E-state index contributed by atoms with van der Waals surface area (Å²) in [4.78, 5) is 25.1. The smallest absolute Gasteiger partial charge is 0.330 e. The molecule has 1 fully saturated rings. The molecule has 1 aromatic rings. The van der Waals surface area contributed by atoms with Gasteiger partial charge in [-0.15, -0.1) is 6.42 Å². The van der Waals surface area contributed by atoms with Crippen LogP contribution in [0.1, 0.15) is 31.6 Å². The molecule has 0 aliphatic carbocycles. The third kappa shape index (κ3) is 2.10. The number of aromatic nitrogens is 2. The summed E-state index contributed by atoms with van der Waals surface area (Å²) in [5.74, 6) is 2.20. The maximum Gasteiger partial charge on any atom is 0.330 e. The molecule has 6 nitrogen and oxygen atoms in total. The van der Waals surface area contributed by atoms with Crippen LogP contribution in [-0.2, 0) is 4.74 Å². The van der Waals surface area contributed by atoms with Gasteiger partial charge in [-0.25, -0.2) is 4.79 Å². The highest BCUT2D eigenvalue weighted by molar-refractivity contribution is 5.26. The molecular weight excluding hydrogens is 236 g/mol. The van der Waals surface area contributed by atoms with Crippen LogP contribution in [0, 0.1) is 12.3 Å². The highest BCUT2D eigenvalue weighted by Gasteiger charge is 2.34. The molecular formula is C12H14N2O4. The molecule has 3 atom stereocenters. The van der Waals surface area contributed by atoms with E-state index >= 15 is 0 Å². The molecule has 1 aliphatic heterocycles. The molecule has 0 spiro atoms. The van der Waals surface area contributed by atoms with Crippen LogP contribution in [0.4, 0.5) is 0 Å². The van der Waals surface area contributed by atoms with Crippen LogP contribution in [0.25, 0.3) is 0 Å². The first-order valence-corrected chi connectivity index (χ1v) is 5.72. The minimum atomic E-state index is -0.617. The molecule has 0 unspecified atom stereocenters. The lowest BCUT2D eigenvalue weighted by Gasteiger charge is -2.14. The highest BCUT2D eigenvalue weighted by Crippen LogP contribution is 2.28. The predicted octanol–water partition coefficient (Wildman–Crippen LogP) is -0.424. The molecule has 0 saturated carbocycles. The molecule has 1 aliphatic rings. The Morgan fingerprint density at radius 2 is 2.39 bits per heavy atom.